The Bertz CT molecular complexity index is 1280. The molecule has 2 N–H and O–H groups in total. The van der Waals surface area contributed by atoms with E-state index in [0.717, 1.165) is 28.0 Å². The third-order valence-corrected chi connectivity index (χ3v) is 6.41. The van der Waals surface area contributed by atoms with Crippen LogP contribution in [0.1, 0.15) is 22.5 Å². The van der Waals surface area contributed by atoms with E-state index >= 15 is 0 Å². The van der Waals surface area contributed by atoms with Gasteiger partial charge in [0.2, 0.25) is 0 Å². The molecule has 8 heteroatoms. The zero-order chi connectivity index (χ0) is 20.1. The lowest BCUT2D eigenvalue weighted by Crippen LogP contribution is -2.15. The monoisotopic (exact) mass is 395 g/mol. The largest absolute Gasteiger partial charge is 0.306 e. The molecule has 0 radical (unpaired) electrons. The molecular weight excluding hydrogens is 374 g/mol. The second-order valence-corrected chi connectivity index (χ2v) is 8.57. The van der Waals surface area contributed by atoms with Crippen molar-refractivity contribution in [1.29, 1.82) is 0 Å². The highest BCUT2D eigenvalue weighted by Crippen LogP contribution is 2.28. The van der Waals surface area contributed by atoms with Crippen LogP contribution in [0.3, 0.4) is 0 Å². The van der Waals surface area contributed by atoms with Crippen LogP contribution in [-0.2, 0) is 10.0 Å². The Morgan fingerprint density at radius 3 is 2.54 bits per heavy atom. The fraction of sp³-hybridized carbons (Fsp3) is 0.200. The van der Waals surface area contributed by atoms with Crippen LogP contribution >= 0.6 is 0 Å². The van der Waals surface area contributed by atoms with Crippen molar-refractivity contribution in [1.82, 2.24) is 19.6 Å². The molecule has 0 aliphatic heterocycles. The van der Waals surface area contributed by atoms with Gasteiger partial charge in [0, 0.05) is 18.0 Å². The Labute approximate surface area is 163 Å². The molecule has 0 saturated carbocycles. The molecule has 0 fully saturated rings. The minimum atomic E-state index is -3.75. The molecule has 144 valence electrons. The number of pyridine rings is 1. The van der Waals surface area contributed by atoms with Crippen molar-refractivity contribution in [2.24, 2.45) is 0 Å². The molecule has 0 unspecified atom stereocenters. The number of sulfonamides is 1. The minimum Gasteiger partial charge on any atom is -0.306 e. The molecule has 0 spiro atoms. The standard InChI is InChI=1S/C20H21N5O2S/c1-12-7-8-16(18-11-25-9-5-6-13(2)20(25)21-18)10-17(12)24-28(26,27)19-14(3)22-23-15(19)4/h5-11,24H,1-4H3,(H,22,23). The highest BCUT2D eigenvalue weighted by atomic mass is 32.2. The second-order valence-electron chi connectivity index (χ2n) is 6.95. The SMILES string of the molecule is Cc1ccc(-c2cn3cccc(C)c3n2)cc1NS(=O)(=O)c1c(C)n[nH]c1C. The van der Waals surface area contributed by atoms with Gasteiger partial charge < -0.3 is 4.40 Å². The number of aromatic amines is 1. The highest BCUT2D eigenvalue weighted by Gasteiger charge is 2.23. The Kier molecular flexibility index (Phi) is 4.23. The normalized spacial score (nSPS) is 11.9. The quantitative estimate of drug-likeness (QED) is 0.550. The molecular formula is C20H21N5O2S. The van der Waals surface area contributed by atoms with E-state index in [2.05, 4.69) is 14.9 Å². The van der Waals surface area contributed by atoms with E-state index in [1.165, 1.54) is 0 Å². The number of H-pyrrole nitrogens is 1. The number of rotatable bonds is 4. The van der Waals surface area contributed by atoms with Gasteiger partial charge in [-0.25, -0.2) is 13.4 Å². The lowest BCUT2D eigenvalue weighted by Gasteiger charge is -2.12. The lowest BCUT2D eigenvalue weighted by atomic mass is 10.1. The topological polar surface area (TPSA) is 92.2 Å². The van der Waals surface area contributed by atoms with Gasteiger partial charge in [0.25, 0.3) is 10.0 Å². The van der Waals surface area contributed by atoms with Gasteiger partial charge in [0.05, 0.1) is 22.8 Å². The molecule has 28 heavy (non-hydrogen) atoms. The molecule has 4 rings (SSSR count). The van der Waals surface area contributed by atoms with E-state index in [9.17, 15) is 8.42 Å². The summed E-state index contributed by atoms with van der Waals surface area (Å²) in [5.74, 6) is 0. The molecule has 7 nitrogen and oxygen atoms in total. The van der Waals surface area contributed by atoms with Crippen molar-refractivity contribution in [3.63, 3.8) is 0 Å². The summed E-state index contributed by atoms with van der Waals surface area (Å²) in [5.41, 5.74) is 5.87. The first kappa shape index (κ1) is 18.2. The van der Waals surface area contributed by atoms with E-state index in [0.29, 0.717) is 17.1 Å². The van der Waals surface area contributed by atoms with Crippen LogP contribution in [0.15, 0.2) is 47.6 Å². The average Bonchev–Trinajstić information content (AvgIpc) is 3.21. The summed E-state index contributed by atoms with van der Waals surface area (Å²) in [6, 6.07) is 9.63. The Balaban J connectivity index is 1.76. The molecule has 0 atom stereocenters. The van der Waals surface area contributed by atoms with E-state index in [4.69, 9.17) is 4.98 Å². The number of hydrogen-bond donors (Lipinski definition) is 2. The van der Waals surface area contributed by atoms with Gasteiger partial charge in [-0.1, -0.05) is 18.2 Å². The molecule has 0 amide bonds. The van der Waals surface area contributed by atoms with Crippen LogP contribution in [-0.4, -0.2) is 28.0 Å². The second kappa shape index (κ2) is 6.49. The van der Waals surface area contributed by atoms with Gasteiger partial charge in [0.15, 0.2) is 0 Å². The molecule has 3 aromatic heterocycles. The van der Waals surface area contributed by atoms with Crippen molar-refractivity contribution in [3.05, 3.63) is 65.2 Å². The number of nitrogens with one attached hydrogen (secondary N) is 2. The van der Waals surface area contributed by atoms with Crippen LogP contribution in [0, 0.1) is 27.7 Å². The Hall–Kier alpha value is -3.13. The summed E-state index contributed by atoms with van der Waals surface area (Å²) in [6.45, 7) is 7.23. The first-order chi connectivity index (χ1) is 13.3. The maximum Gasteiger partial charge on any atom is 0.265 e. The molecule has 0 saturated heterocycles. The predicted molar refractivity (Wildman–Crippen MR) is 109 cm³/mol. The number of benzene rings is 1. The van der Waals surface area contributed by atoms with E-state index in [1.54, 1.807) is 13.8 Å². The molecule has 0 bridgehead atoms. The number of nitrogens with zero attached hydrogens (tertiary/aromatic N) is 3. The summed E-state index contributed by atoms with van der Waals surface area (Å²) >= 11 is 0. The third kappa shape index (κ3) is 3.05. The van der Waals surface area contributed by atoms with Crippen LogP contribution in [0.5, 0.6) is 0 Å². The molecule has 1 aromatic carbocycles. The van der Waals surface area contributed by atoms with Crippen LogP contribution < -0.4 is 4.72 Å². The van der Waals surface area contributed by atoms with Gasteiger partial charge in [-0.3, -0.25) is 9.82 Å². The summed E-state index contributed by atoms with van der Waals surface area (Å²) in [6.07, 6.45) is 3.89. The third-order valence-electron chi connectivity index (χ3n) is 4.78. The van der Waals surface area contributed by atoms with Gasteiger partial charge in [0.1, 0.15) is 10.5 Å². The zero-order valence-electron chi connectivity index (χ0n) is 16.1. The zero-order valence-corrected chi connectivity index (χ0v) is 16.9. The predicted octanol–water partition coefficient (Wildman–Crippen LogP) is 3.76. The van der Waals surface area contributed by atoms with Crippen molar-refractivity contribution in [3.8, 4) is 11.3 Å². The first-order valence-corrected chi connectivity index (χ1v) is 10.3. The number of fused-ring (bicyclic) bond motifs is 1. The fourth-order valence-electron chi connectivity index (χ4n) is 3.32. The molecule has 4 aromatic rings. The maximum atomic E-state index is 12.9. The van der Waals surface area contributed by atoms with E-state index in [1.807, 2.05) is 61.0 Å². The maximum absolute atomic E-state index is 12.9. The minimum absolute atomic E-state index is 0.181. The smallest absolute Gasteiger partial charge is 0.265 e. The summed E-state index contributed by atoms with van der Waals surface area (Å²) in [7, 11) is -3.75. The molecule has 0 aliphatic rings. The average molecular weight is 395 g/mol. The van der Waals surface area contributed by atoms with Crippen molar-refractivity contribution in [2.45, 2.75) is 32.6 Å². The summed E-state index contributed by atoms with van der Waals surface area (Å²) in [5, 5.41) is 6.71. The van der Waals surface area contributed by atoms with Crippen LogP contribution in [0.25, 0.3) is 16.9 Å². The van der Waals surface area contributed by atoms with Gasteiger partial charge in [-0.2, -0.15) is 5.10 Å². The van der Waals surface area contributed by atoms with Gasteiger partial charge >= 0.3 is 0 Å². The Morgan fingerprint density at radius 1 is 1.07 bits per heavy atom. The summed E-state index contributed by atoms with van der Waals surface area (Å²) < 4.78 is 30.5. The van der Waals surface area contributed by atoms with Gasteiger partial charge in [-0.15, -0.1) is 0 Å². The number of aromatic nitrogens is 4. The Morgan fingerprint density at radius 2 is 1.86 bits per heavy atom. The molecule has 3 heterocycles. The number of hydrogen-bond acceptors (Lipinski definition) is 4. The molecule has 0 aliphatic carbocycles. The van der Waals surface area contributed by atoms with Crippen LogP contribution in [0.2, 0.25) is 0 Å². The number of imidazole rings is 1. The van der Waals surface area contributed by atoms with Crippen molar-refractivity contribution < 1.29 is 8.42 Å². The van der Waals surface area contributed by atoms with Crippen molar-refractivity contribution >= 4 is 21.4 Å². The van der Waals surface area contributed by atoms with Gasteiger partial charge in [-0.05, 0) is 51.0 Å². The van der Waals surface area contributed by atoms with Crippen molar-refractivity contribution in [2.75, 3.05) is 4.72 Å². The number of aryl methyl sites for hydroxylation is 4. The van der Waals surface area contributed by atoms with Crippen LogP contribution in [0.4, 0.5) is 5.69 Å². The van der Waals surface area contributed by atoms with E-state index < -0.39 is 10.0 Å². The fourth-order valence-corrected chi connectivity index (χ4v) is 4.81. The van der Waals surface area contributed by atoms with E-state index in [-0.39, 0.29) is 4.90 Å². The highest BCUT2D eigenvalue weighted by molar-refractivity contribution is 7.92. The summed E-state index contributed by atoms with van der Waals surface area (Å²) in [4.78, 5) is 4.88. The number of anilines is 1. The lowest BCUT2D eigenvalue weighted by molar-refractivity contribution is 0.600. The first-order valence-electron chi connectivity index (χ1n) is 8.86.